The average Bonchev–Trinajstić information content (AvgIpc) is 2.79. The Balaban J connectivity index is 2.40. The highest BCUT2D eigenvalue weighted by Gasteiger charge is 2.25. The molecule has 1 aromatic heterocycles. The minimum Gasteiger partial charge on any atom is -0.476 e. The van der Waals surface area contributed by atoms with Gasteiger partial charge in [0.05, 0.1) is 16.5 Å². The summed E-state index contributed by atoms with van der Waals surface area (Å²) in [7, 11) is 0. The van der Waals surface area contributed by atoms with E-state index in [0.717, 1.165) is 10.9 Å². The molecule has 20 heavy (non-hydrogen) atoms. The van der Waals surface area contributed by atoms with Gasteiger partial charge in [0.2, 0.25) is 5.69 Å². The summed E-state index contributed by atoms with van der Waals surface area (Å²) in [4.78, 5) is 20.7. The molecule has 2 rings (SSSR count). The van der Waals surface area contributed by atoms with Gasteiger partial charge in [-0.25, -0.2) is 9.18 Å². The summed E-state index contributed by atoms with van der Waals surface area (Å²) in [6, 6.07) is 4.29. The second-order valence-corrected chi connectivity index (χ2v) is 4.24. The number of rotatable bonds is 4. The molecular formula is C11H7ClFN3O4. The van der Waals surface area contributed by atoms with Crippen molar-refractivity contribution in [2.24, 2.45) is 0 Å². The first-order valence-electron chi connectivity index (χ1n) is 5.28. The van der Waals surface area contributed by atoms with Gasteiger partial charge in [-0.05, 0) is 6.07 Å². The van der Waals surface area contributed by atoms with Gasteiger partial charge in [0.15, 0.2) is 0 Å². The van der Waals surface area contributed by atoms with Crippen LogP contribution >= 0.6 is 11.6 Å². The third kappa shape index (κ3) is 2.59. The summed E-state index contributed by atoms with van der Waals surface area (Å²) in [5, 5.41) is 23.0. The molecule has 9 heteroatoms. The fourth-order valence-corrected chi connectivity index (χ4v) is 1.82. The van der Waals surface area contributed by atoms with E-state index in [0.29, 0.717) is 0 Å². The van der Waals surface area contributed by atoms with Crippen LogP contribution in [0.25, 0.3) is 0 Å². The van der Waals surface area contributed by atoms with Crippen molar-refractivity contribution in [3.63, 3.8) is 0 Å². The number of aromatic carboxylic acids is 1. The van der Waals surface area contributed by atoms with Gasteiger partial charge in [0, 0.05) is 5.56 Å². The molecule has 0 aliphatic rings. The van der Waals surface area contributed by atoms with Gasteiger partial charge >= 0.3 is 11.7 Å². The minimum atomic E-state index is -1.53. The average molecular weight is 300 g/mol. The smallest absolute Gasteiger partial charge is 0.363 e. The van der Waals surface area contributed by atoms with E-state index < -0.39 is 28.1 Å². The fraction of sp³-hybridized carbons (Fsp3) is 0.0909. The van der Waals surface area contributed by atoms with E-state index in [4.69, 9.17) is 16.7 Å². The number of carboxylic acids is 1. The molecule has 1 N–H and O–H groups in total. The molecule has 0 saturated carbocycles. The number of nitrogens with zero attached hydrogens (tertiary/aromatic N) is 3. The van der Waals surface area contributed by atoms with Gasteiger partial charge in [-0.15, -0.1) is 0 Å². The lowest BCUT2D eigenvalue weighted by molar-refractivity contribution is -0.385. The lowest BCUT2D eigenvalue weighted by atomic mass is 10.2. The van der Waals surface area contributed by atoms with E-state index in [-0.39, 0.29) is 17.1 Å². The lowest BCUT2D eigenvalue weighted by Crippen LogP contribution is -2.05. The molecule has 0 unspecified atom stereocenters. The molecular weight excluding hydrogens is 293 g/mol. The predicted octanol–water partition coefficient (Wildman–Crippen LogP) is 2.33. The van der Waals surface area contributed by atoms with Crippen molar-refractivity contribution >= 4 is 23.3 Å². The van der Waals surface area contributed by atoms with Crippen LogP contribution in [-0.2, 0) is 6.54 Å². The maximum Gasteiger partial charge on any atom is 0.363 e. The quantitative estimate of drug-likeness (QED) is 0.690. The van der Waals surface area contributed by atoms with Crippen molar-refractivity contribution in [3.8, 4) is 0 Å². The summed E-state index contributed by atoms with van der Waals surface area (Å²) < 4.78 is 14.7. The number of aromatic nitrogens is 2. The van der Waals surface area contributed by atoms with Crippen molar-refractivity contribution in [2.75, 3.05) is 0 Å². The number of hydrogen-bond donors (Lipinski definition) is 1. The molecule has 0 atom stereocenters. The predicted molar refractivity (Wildman–Crippen MR) is 66.4 cm³/mol. The molecule has 0 fully saturated rings. The van der Waals surface area contributed by atoms with Crippen LogP contribution in [-0.4, -0.2) is 25.8 Å². The van der Waals surface area contributed by atoms with Gasteiger partial charge in [-0.1, -0.05) is 23.7 Å². The maximum absolute atomic E-state index is 13.7. The summed E-state index contributed by atoms with van der Waals surface area (Å²) in [6.07, 6.45) is 0.934. The Labute approximate surface area is 116 Å². The van der Waals surface area contributed by atoms with Crippen LogP contribution < -0.4 is 0 Å². The second kappa shape index (κ2) is 5.25. The van der Waals surface area contributed by atoms with Gasteiger partial charge in [0.25, 0.3) is 0 Å². The van der Waals surface area contributed by atoms with Crippen molar-refractivity contribution in [3.05, 3.63) is 56.6 Å². The molecule has 7 nitrogen and oxygen atoms in total. The molecule has 1 aromatic carbocycles. The molecule has 1 heterocycles. The first kappa shape index (κ1) is 13.9. The van der Waals surface area contributed by atoms with Crippen LogP contribution in [0, 0.1) is 15.9 Å². The Morgan fingerprint density at radius 1 is 1.55 bits per heavy atom. The monoisotopic (exact) mass is 299 g/mol. The van der Waals surface area contributed by atoms with E-state index in [9.17, 15) is 19.3 Å². The van der Waals surface area contributed by atoms with E-state index >= 15 is 0 Å². The lowest BCUT2D eigenvalue weighted by Gasteiger charge is -2.04. The van der Waals surface area contributed by atoms with Crippen molar-refractivity contribution in [1.82, 2.24) is 9.78 Å². The summed E-state index contributed by atoms with van der Waals surface area (Å²) in [5.74, 6) is -2.20. The summed E-state index contributed by atoms with van der Waals surface area (Å²) >= 11 is 5.61. The molecule has 0 spiro atoms. The summed E-state index contributed by atoms with van der Waals surface area (Å²) in [6.45, 7) is -0.166. The van der Waals surface area contributed by atoms with Crippen LogP contribution in [0.3, 0.4) is 0 Å². The third-order valence-electron chi connectivity index (χ3n) is 2.51. The number of nitro groups is 1. The molecule has 104 valence electrons. The summed E-state index contributed by atoms with van der Waals surface area (Å²) in [5.41, 5.74) is -1.20. The maximum atomic E-state index is 13.7. The van der Waals surface area contributed by atoms with Gasteiger partial charge in [-0.2, -0.15) is 5.10 Å². The largest absolute Gasteiger partial charge is 0.476 e. The van der Waals surface area contributed by atoms with E-state index in [2.05, 4.69) is 5.10 Å². The highest BCUT2D eigenvalue weighted by Crippen LogP contribution is 2.21. The number of carboxylic acid groups (broad SMARTS) is 1. The SMILES string of the molecule is O=C(O)c1nn(Cc2cccc(Cl)c2F)cc1[N+](=O)[O-]. The highest BCUT2D eigenvalue weighted by atomic mass is 35.5. The fourth-order valence-electron chi connectivity index (χ4n) is 1.62. The Kier molecular flexibility index (Phi) is 3.66. The molecule has 0 bridgehead atoms. The number of halogens is 2. The van der Waals surface area contributed by atoms with E-state index in [1.165, 1.54) is 18.2 Å². The molecule has 2 aromatic rings. The van der Waals surface area contributed by atoms with Crippen LogP contribution in [0.4, 0.5) is 10.1 Å². The van der Waals surface area contributed by atoms with Crippen LogP contribution in [0.1, 0.15) is 16.1 Å². The van der Waals surface area contributed by atoms with E-state index in [1.807, 2.05) is 0 Å². The van der Waals surface area contributed by atoms with Gasteiger partial charge in [-0.3, -0.25) is 14.8 Å². The van der Waals surface area contributed by atoms with E-state index in [1.54, 1.807) is 0 Å². The zero-order valence-electron chi connectivity index (χ0n) is 9.79. The molecule has 0 radical (unpaired) electrons. The van der Waals surface area contributed by atoms with Crippen molar-refractivity contribution in [1.29, 1.82) is 0 Å². The topological polar surface area (TPSA) is 98.3 Å². The minimum absolute atomic E-state index is 0.0948. The Morgan fingerprint density at radius 2 is 2.25 bits per heavy atom. The standard InChI is InChI=1S/C11H7ClFN3O4/c12-7-3-1-2-6(9(7)13)4-15-5-8(16(19)20)10(14-15)11(17)18/h1-3,5H,4H2,(H,17,18). The molecule has 0 amide bonds. The van der Waals surface area contributed by atoms with Crippen LogP contribution in [0.2, 0.25) is 5.02 Å². The van der Waals surface area contributed by atoms with Crippen molar-refractivity contribution in [2.45, 2.75) is 6.54 Å². The zero-order chi connectivity index (χ0) is 14.9. The van der Waals surface area contributed by atoms with Gasteiger partial charge < -0.3 is 5.11 Å². The Hall–Kier alpha value is -2.48. The molecule has 0 aliphatic heterocycles. The number of benzene rings is 1. The first-order valence-corrected chi connectivity index (χ1v) is 5.66. The van der Waals surface area contributed by atoms with Crippen LogP contribution in [0.15, 0.2) is 24.4 Å². The second-order valence-electron chi connectivity index (χ2n) is 3.84. The first-order chi connectivity index (χ1) is 9.40. The zero-order valence-corrected chi connectivity index (χ0v) is 10.5. The molecule has 0 saturated heterocycles. The number of hydrogen-bond acceptors (Lipinski definition) is 4. The Morgan fingerprint density at radius 3 is 2.80 bits per heavy atom. The third-order valence-corrected chi connectivity index (χ3v) is 2.80. The highest BCUT2D eigenvalue weighted by molar-refractivity contribution is 6.30. The number of carbonyl (C=O) groups is 1. The molecule has 0 aliphatic carbocycles. The van der Waals surface area contributed by atoms with Crippen molar-refractivity contribution < 1.29 is 19.2 Å². The normalized spacial score (nSPS) is 10.5. The van der Waals surface area contributed by atoms with Gasteiger partial charge in [0.1, 0.15) is 12.0 Å². The Bertz CT molecular complexity index is 669. The van der Waals surface area contributed by atoms with Crippen LogP contribution in [0.5, 0.6) is 0 Å².